The number of rotatable bonds is 15. The Labute approximate surface area is 115 Å². The molecule has 0 aromatic carbocycles. The SMILES string of the molecule is C=C(C)OCCOCCOCCOCCOCCN. The van der Waals surface area contributed by atoms with Crippen LogP contribution >= 0.6 is 0 Å². The van der Waals surface area contributed by atoms with Gasteiger partial charge in [0.1, 0.15) is 6.61 Å². The summed E-state index contributed by atoms with van der Waals surface area (Å²) in [6.45, 7) is 11.0. The van der Waals surface area contributed by atoms with Gasteiger partial charge in [0, 0.05) is 6.54 Å². The van der Waals surface area contributed by atoms with Gasteiger partial charge in [-0.3, -0.25) is 0 Å². The van der Waals surface area contributed by atoms with Crippen molar-refractivity contribution < 1.29 is 23.7 Å². The molecule has 0 rings (SSSR count). The summed E-state index contributed by atoms with van der Waals surface area (Å²) in [5, 5.41) is 0. The van der Waals surface area contributed by atoms with E-state index in [1.165, 1.54) is 0 Å². The highest BCUT2D eigenvalue weighted by molar-refractivity contribution is 4.72. The predicted octanol–water partition coefficient (Wildman–Crippen LogP) is 0.562. The van der Waals surface area contributed by atoms with Gasteiger partial charge in [0.05, 0.1) is 58.6 Å². The van der Waals surface area contributed by atoms with E-state index in [0.717, 1.165) is 0 Å². The second kappa shape index (κ2) is 15.4. The van der Waals surface area contributed by atoms with Crippen LogP contribution in [0.25, 0.3) is 0 Å². The zero-order chi connectivity index (χ0) is 14.2. The molecular formula is C13H27NO5. The van der Waals surface area contributed by atoms with Crippen LogP contribution in [0.5, 0.6) is 0 Å². The van der Waals surface area contributed by atoms with Gasteiger partial charge in [-0.1, -0.05) is 6.58 Å². The first-order chi connectivity index (χ1) is 9.27. The van der Waals surface area contributed by atoms with Crippen molar-refractivity contribution in [3.63, 3.8) is 0 Å². The van der Waals surface area contributed by atoms with Crippen molar-refractivity contribution in [3.05, 3.63) is 12.3 Å². The van der Waals surface area contributed by atoms with Gasteiger partial charge in [-0.05, 0) is 6.92 Å². The number of hydrogen-bond donors (Lipinski definition) is 1. The predicted molar refractivity (Wildman–Crippen MR) is 73.1 cm³/mol. The fourth-order valence-electron chi connectivity index (χ4n) is 1.12. The Morgan fingerprint density at radius 3 is 1.47 bits per heavy atom. The summed E-state index contributed by atoms with van der Waals surface area (Å²) >= 11 is 0. The van der Waals surface area contributed by atoms with Crippen LogP contribution in [0.1, 0.15) is 6.92 Å². The van der Waals surface area contributed by atoms with Gasteiger partial charge in [0.25, 0.3) is 0 Å². The molecule has 114 valence electrons. The minimum Gasteiger partial charge on any atom is -0.496 e. The molecule has 0 spiro atoms. The van der Waals surface area contributed by atoms with Crippen LogP contribution in [-0.4, -0.2) is 66.0 Å². The van der Waals surface area contributed by atoms with Crippen molar-refractivity contribution in [1.29, 1.82) is 0 Å². The molecule has 19 heavy (non-hydrogen) atoms. The maximum absolute atomic E-state index is 5.32. The maximum Gasteiger partial charge on any atom is 0.111 e. The lowest BCUT2D eigenvalue weighted by Crippen LogP contribution is -2.14. The molecule has 0 fully saturated rings. The molecule has 0 atom stereocenters. The fourth-order valence-corrected chi connectivity index (χ4v) is 1.12. The average Bonchev–Trinajstić information content (AvgIpc) is 2.39. The molecule has 0 aliphatic rings. The third kappa shape index (κ3) is 17.3. The molecule has 0 radical (unpaired) electrons. The Bertz CT molecular complexity index is 201. The van der Waals surface area contributed by atoms with Crippen LogP contribution in [-0.2, 0) is 23.7 Å². The van der Waals surface area contributed by atoms with E-state index in [4.69, 9.17) is 29.4 Å². The summed E-state index contributed by atoms with van der Waals surface area (Å²) in [6.07, 6.45) is 0. The van der Waals surface area contributed by atoms with Gasteiger partial charge in [-0.15, -0.1) is 0 Å². The second-order valence-electron chi connectivity index (χ2n) is 3.79. The first-order valence-corrected chi connectivity index (χ1v) is 6.56. The Balaban J connectivity index is 2.93. The zero-order valence-electron chi connectivity index (χ0n) is 11.9. The highest BCUT2D eigenvalue weighted by atomic mass is 16.6. The van der Waals surface area contributed by atoms with Crippen molar-refractivity contribution in [2.75, 3.05) is 66.0 Å². The van der Waals surface area contributed by atoms with Crippen LogP contribution in [0, 0.1) is 0 Å². The highest BCUT2D eigenvalue weighted by Gasteiger charge is 1.93. The molecule has 0 heterocycles. The van der Waals surface area contributed by atoms with Gasteiger partial charge < -0.3 is 29.4 Å². The summed E-state index contributed by atoms with van der Waals surface area (Å²) in [7, 11) is 0. The summed E-state index contributed by atoms with van der Waals surface area (Å²) in [5.74, 6) is 0.701. The van der Waals surface area contributed by atoms with Gasteiger partial charge in [0.15, 0.2) is 0 Å². The molecule has 6 nitrogen and oxygen atoms in total. The fraction of sp³-hybridized carbons (Fsp3) is 0.846. The molecule has 0 aliphatic carbocycles. The Kier molecular flexibility index (Phi) is 14.9. The van der Waals surface area contributed by atoms with Crippen molar-refractivity contribution in [2.24, 2.45) is 5.73 Å². The Morgan fingerprint density at radius 2 is 1.11 bits per heavy atom. The molecule has 0 saturated carbocycles. The molecule has 0 saturated heterocycles. The summed E-state index contributed by atoms with van der Waals surface area (Å²) < 4.78 is 26.2. The largest absolute Gasteiger partial charge is 0.496 e. The van der Waals surface area contributed by atoms with E-state index in [1.807, 2.05) is 6.92 Å². The summed E-state index contributed by atoms with van der Waals surface area (Å²) in [6, 6.07) is 0. The van der Waals surface area contributed by atoms with Gasteiger partial charge in [-0.2, -0.15) is 0 Å². The zero-order valence-corrected chi connectivity index (χ0v) is 11.9. The van der Waals surface area contributed by atoms with Crippen LogP contribution in [0.4, 0.5) is 0 Å². The van der Waals surface area contributed by atoms with Crippen molar-refractivity contribution in [1.82, 2.24) is 0 Å². The van der Waals surface area contributed by atoms with E-state index in [1.54, 1.807) is 0 Å². The molecule has 0 unspecified atom stereocenters. The van der Waals surface area contributed by atoms with E-state index in [9.17, 15) is 0 Å². The lowest BCUT2D eigenvalue weighted by molar-refractivity contribution is -0.00637. The third-order valence-corrected chi connectivity index (χ3v) is 1.95. The standard InChI is InChI=1S/C13H27NO5/c1-13(2)19-12-11-18-10-9-17-8-7-16-6-5-15-4-3-14/h1,3-12,14H2,2H3. The van der Waals surface area contributed by atoms with Crippen LogP contribution < -0.4 is 5.73 Å². The van der Waals surface area contributed by atoms with E-state index in [-0.39, 0.29) is 0 Å². The van der Waals surface area contributed by atoms with E-state index in [0.29, 0.717) is 71.8 Å². The van der Waals surface area contributed by atoms with Gasteiger partial charge >= 0.3 is 0 Å². The second-order valence-corrected chi connectivity index (χ2v) is 3.79. The number of nitrogens with two attached hydrogens (primary N) is 1. The number of allylic oxidation sites excluding steroid dienone is 1. The molecule has 0 amide bonds. The first kappa shape index (κ1) is 18.3. The van der Waals surface area contributed by atoms with E-state index in [2.05, 4.69) is 6.58 Å². The first-order valence-electron chi connectivity index (χ1n) is 6.56. The van der Waals surface area contributed by atoms with Gasteiger partial charge in [0.2, 0.25) is 0 Å². The third-order valence-electron chi connectivity index (χ3n) is 1.95. The molecule has 6 heteroatoms. The monoisotopic (exact) mass is 277 g/mol. The summed E-state index contributed by atoms with van der Waals surface area (Å²) in [4.78, 5) is 0. The van der Waals surface area contributed by atoms with E-state index < -0.39 is 0 Å². The molecule has 0 aromatic rings. The molecule has 0 bridgehead atoms. The van der Waals surface area contributed by atoms with Gasteiger partial charge in [-0.25, -0.2) is 0 Å². The van der Waals surface area contributed by atoms with E-state index >= 15 is 0 Å². The Hall–Kier alpha value is -0.660. The maximum atomic E-state index is 5.32. The quantitative estimate of drug-likeness (QED) is 0.348. The molecule has 0 aromatic heterocycles. The topological polar surface area (TPSA) is 72.2 Å². The minimum atomic E-state index is 0.529. The lowest BCUT2D eigenvalue weighted by atomic mass is 10.6. The highest BCUT2D eigenvalue weighted by Crippen LogP contribution is 1.89. The summed E-state index contributed by atoms with van der Waals surface area (Å²) in [5.41, 5.74) is 5.27. The lowest BCUT2D eigenvalue weighted by Gasteiger charge is -2.08. The van der Waals surface area contributed by atoms with Crippen molar-refractivity contribution in [2.45, 2.75) is 6.92 Å². The average molecular weight is 277 g/mol. The number of ether oxygens (including phenoxy) is 5. The van der Waals surface area contributed by atoms with Crippen LogP contribution in [0.15, 0.2) is 12.3 Å². The number of hydrogen-bond acceptors (Lipinski definition) is 6. The Morgan fingerprint density at radius 1 is 0.737 bits per heavy atom. The normalized spacial score (nSPS) is 10.6. The van der Waals surface area contributed by atoms with Crippen molar-refractivity contribution in [3.8, 4) is 0 Å². The van der Waals surface area contributed by atoms with Crippen LogP contribution in [0.3, 0.4) is 0 Å². The smallest absolute Gasteiger partial charge is 0.111 e. The van der Waals surface area contributed by atoms with Crippen molar-refractivity contribution >= 4 is 0 Å². The molecular weight excluding hydrogens is 250 g/mol. The molecule has 2 N–H and O–H groups in total. The van der Waals surface area contributed by atoms with Crippen LogP contribution in [0.2, 0.25) is 0 Å². The minimum absolute atomic E-state index is 0.529. The molecule has 0 aliphatic heterocycles.